The van der Waals surface area contributed by atoms with Crippen molar-refractivity contribution in [1.82, 2.24) is 9.97 Å². The highest BCUT2D eigenvalue weighted by atomic mass is 16.5. The maximum atomic E-state index is 9.26. The van der Waals surface area contributed by atoms with E-state index in [2.05, 4.69) is 32.7 Å². The summed E-state index contributed by atoms with van der Waals surface area (Å²) in [5.74, 6) is 0.931. The summed E-state index contributed by atoms with van der Waals surface area (Å²) in [5, 5.41) is 24.7. The third-order valence-electron chi connectivity index (χ3n) is 3.44. The maximum absolute atomic E-state index is 9.26. The van der Waals surface area contributed by atoms with E-state index in [1.807, 2.05) is 6.92 Å². The van der Waals surface area contributed by atoms with Crippen LogP contribution in [0.3, 0.4) is 0 Å². The molecule has 1 unspecified atom stereocenters. The van der Waals surface area contributed by atoms with Crippen LogP contribution in [0, 0.1) is 22.7 Å². The molecule has 7 heteroatoms. The Morgan fingerprint density at radius 1 is 1.38 bits per heavy atom. The van der Waals surface area contributed by atoms with Gasteiger partial charge in [0.2, 0.25) is 11.8 Å². The van der Waals surface area contributed by atoms with Gasteiger partial charge in [-0.1, -0.05) is 6.92 Å². The summed E-state index contributed by atoms with van der Waals surface area (Å²) in [4.78, 5) is 8.50. The fourth-order valence-corrected chi connectivity index (χ4v) is 1.71. The lowest BCUT2D eigenvalue weighted by molar-refractivity contribution is 0.396. The molecule has 110 valence electrons. The van der Waals surface area contributed by atoms with Crippen molar-refractivity contribution in [2.75, 3.05) is 17.7 Å². The lowest BCUT2D eigenvalue weighted by Crippen LogP contribution is -2.33. The lowest BCUT2D eigenvalue weighted by Gasteiger charge is -2.22. The van der Waals surface area contributed by atoms with Crippen LogP contribution in [-0.2, 0) is 0 Å². The summed E-state index contributed by atoms with van der Waals surface area (Å²) < 4.78 is 5.16. The molecule has 1 atom stereocenters. The molecule has 1 aromatic rings. The molecule has 2 rings (SSSR count). The van der Waals surface area contributed by atoms with E-state index in [0.29, 0.717) is 18.3 Å². The molecule has 7 nitrogen and oxygen atoms in total. The van der Waals surface area contributed by atoms with Gasteiger partial charge in [-0.05, 0) is 26.2 Å². The van der Waals surface area contributed by atoms with E-state index in [0.717, 1.165) is 12.8 Å². The van der Waals surface area contributed by atoms with Gasteiger partial charge in [-0.2, -0.15) is 20.5 Å². The van der Waals surface area contributed by atoms with E-state index < -0.39 is 5.54 Å². The first-order valence-corrected chi connectivity index (χ1v) is 6.87. The summed E-state index contributed by atoms with van der Waals surface area (Å²) in [6.45, 7) is 3.68. The van der Waals surface area contributed by atoms with Crippen LogP contribution in [-0.4, -0.2) is 28.7 Å². The zero-order valence-electron chi connectivity index (χ0n) is 12.4. The number of nitriles is 2. The van der Waals surface area contributed by atoms with Gasteiger partial charge in [-0.3, -0.25) is 0 Å². The van der Waals surface area contributed by atoms with Crippen LogP contribution in [0.4, 0.5) is 11.8 Å². The molecular formula is C14H18N6O. The van der Waals surface area contributed by atoms with Gasteiger partial charge in [0.25, 0.3) is 0 Å². The lowest BCUT2D eigenvalue weighted by atomic mass is 10.0. The van der Waals surface area contributed by atoms with Crippen molar-refractivity contribution >= 4 is 11.8 Å². The number of hydrogen-bond donors (Lipinski definition) is 2. The number of ether oxygens (including phenoxy) is 1. The van der Waals surface area contributed by atoms with Crippen LogP contribution in [0.15, 0.2) is 0 Å². The molecule has 1 aliphatic rings. The SMILES string of the molecule is CCC(C)(C#N)Nc1nc(NC2CC2)c(C#N)c(OC)n1. The fourth-order valence-electron chi connectivity index (χ4n) is 1.71. The summed E-state index contributed by atoms with van der Waals surface area (Å²) in [6.07, 6.45) is 2.72. The maximum Gasteiger partial charge on any atom is 0.238 e. The minimum atomic E-state index is -0.768. The van der Waals surface area contributed by atoms with Crippen LogP contribution >= 0.6 is 0 Å². The highest BCUT2D eigenvalue weighted by molar-refractivity contribution is 5.60. The normalized spacial score (nSPS) is 16.2. The van der Waals surface area contributed by atoms with Crippen LogP contribution < -0.4 is 15.4 Å². The van der Waals surface area contributed by atoms with Gasteiger partial charge in [0.15, 0.2) is 11.4 Å². The van der Waals surface area contributed by atoms with E-state index >= 15 is 0 Å². The quantitative estimate of drug-likeness (QED) is 0.823. The second-order valence-corrected chi connectivity index (χ2v) is 5.23. The molecule has 0 amide bonds. The fraction of sp³-hybridized carbons (Fsp3) is 0.571. The Morgan fingerprint density at radius 2 is 2.10 bits per heavy atom. The van der Waals surface area contributed by atoms with Crippen molar-refractivity contribution in [1.29, 1.82) is 10.5 Å². The number of aromatic nitrogens is 2. The topological polar surface area (TPSA) is 107 Å². The van der Waals surface area contributed by atoms with E-state index in [9.17, 15) is 10.5 Å². The first kappa shape index (κ1) is 14.9. The Balaban J connectivity index is 2.38. The van der Waals surface area contributed by atoms with Crippen LogP contribution in [0.1, 0.15) is 38.7 Å². The molecule has 21 heavy (non-hydrogen) atoms. The van der Waals surface area contributed by atoms with E-state index in [-0.39, 0.29) is 17.4 Å². The molecule has 0 radical (unpaired) electrons. The highest BCUT2D eigenvalue weighted by Crippen LogP contribution is 2.30. The molecule has 0 saturated heterocycles. The van der Waals surface area contributed by atoms with E-state index in [4.69, 9.17) is 4.74 Å². The second-order valence-electron chi connectivity index (χ2n) is 5.23. The van der Waals surface area contributed by atoms with Gasteiger partial charge in [-0.15, -0.1) is 0 Å². The molecule has 0 spiro atoms. The summed E-state index contributed by atoms with van der Waals surface area (Å²) in [7, 11) is 1.46. The largest absolute Gasteiger partial charge is 0.480 e. The molecule has 2 N–H and O–H groups in total. The van der Waals surface area contributed by atoms with Gasteiger partial charge in [0.05, 0.1) is 13.2 Å². The molecule has 1 heterocycles. The van der Waals surface area contributed by atoms with Gasteiger partial charge >= 0.3 is 0 Å². The predicted octanol–water partition coefficient (Wildman–Crippen LogP) is 2.04. The molecule has 0 aromatic carbocycles. The van der Waals surface area contributed by atoms with Gasteiger partial charge in [0, 0.05) is 6.04 Å². The van der Waals surface area contributed by atoms with E-state index in [1.54, 1.807) is 6.92 Å². The van der Waals surface area contributed by atoms with Crippen molar-refractivity contribution in [2.45, 2.75) is 44.7 Å². The molecule has 1 saturated carbocycles. The van der Waals surface area contributed by atoms with Crippen LogP contribution in [0.5, 0.6) is 5.88 Å². The Labute approximate surface area is 124 Å². The molecule has 0 aliphatic heterocycles. The minimum absolute atomic E-state index is 0.203. The number of nitrogens with zero attached hydrogens (tertiary/aromatic N) is 4. The Kier molecular flexibility index (Phi) is 4.13. The highest BCUT2D eigenvalue weighted by Gasteiger charge is 2.27. The first-order chi connectivity index (χ1) is 10.0. The van der Waals surface area contributed by atoms with Crippen molar-refractivity contribution in [3.05, 3.63) is 5.56 Å². The summed E-state index contributed by atoms with van der Waals surface area (Å²) >= 11 is 0. The first-order valence-electron chi connectivity index (χ1n) is 6.87. The zero-order chi connectivity index (χ0) is 15.5. The van der Waals surface area contributed by atoms with Gasteiger partial charge in [-0.25, -0.2) is 0 Å². The minimum Gasteiger partial charge on any atom is -0.480 e. The monoisotopic (exact) mass is 286 g/mol. The van der Waals surface area contributed by atoms with Gasteiger partial charge in [0.1, 0.15) is 11.6 Å². The van der Waals surface area contributed by atoms with Crippen LogP contribution in [0.25, 0.3) is 0 Å². The zero-order valence-corrected chi connectivity index (χ0v) is 12.4. The smallest absolute Gasteiger partial charge is 0.238 e. The molecule has 1 aromatic heterocycles. The van der Waals surface area contributed by atoms with E-state index in [1.165, 1.54) is 7.11 Å². The third-order valence-corrected chi connectivity index (χ3v) is 3.44. The average Bonchev–Trinajstić information content (AvgIpc) is 3.30. The van der Waals surface area contributed by atoms with Crippen molar-refractivity contribution in [3.8, 4) is 18.0 Å². The Bertz CT molecular complexity index is 613. The Hall–Kier alpha value is -2.54. The van der Waals surface area contributed by atoms with Crippen molar-refractivity contribution in [2.24, 2.45) is 0 Å². The predicted molar refractivity (Wildman–Crippen MR) is 77.9 cm³/mol. The molecule has 1 fully saturated rings. The third kappa shape index (κ3) is 3.32. The standard InChI is InChI=1S/C14H18N6O/c1-4-14(2,8-16)20-13-18-11(17-9-5-6-9)10(7-15)12(19-13)21-3/h9H,4-6H2,1-3H3,(H2,17,18,19,20). The average molecular weight is 286 g/mol. The number of methoxy groups -OCH3 is 1. The van der Waals surface area contributed by atoms with Gasteiger partial charge < -0.3 is 15.4 Å². The molecular weight excluding hydrogens is 268 g/mol. The van der Waals surface area contributed by atoms with Crippen LogP contribution in [0.2, 0.25) is 0 Å². The van der Waals surface area contributed by atoms with Crippen molar-refractivity contribution < 1.29 is 4.74 Å². The second kappa shape index (κ2) is 5.84. The number of anilines is 2. The Morgan fingerprint density at radius 3 is 2.57 bits per heavy atom. The summed E-state index contributed by atoms with van der Waals surface area (Å²) in [5.41, 5.74) is -0.485. The summed E-state index contributed by atoms with van der Waals surface area (Å²) in [6, 6.07) is 4.60. The number of hydrogen-bond acceptors (Lipinski definition) is 7. The number of nitrogens with one attached hydrogen (secondary N) is 2. The molecule has 1 aliphatic carbocycles. The molecule has 0 bridgehead atoms. The van der Waals surface area contributed by atoms with Crippen molar-refractivity contribution in [3.63, 3.8) is 0 Å². The number of rotatable bonds is 6.